The fraction of sp³-hybridized carbons (Fsp3) is 0. The van der Waals surface area contributed by atoms with Gasteiger partial charge in [-0.3, -0.25) is 0 Å². The average Bonchev–Trinajstić information content (AvgIpc) is 2.49. The zero-order valence-electron chi connectivity index (χ0n) is 11.2. The van der Waals surface area contributed by atoms with Gasteiger partial charge in [-0.25, -0.2) is 0 Å². The van der Waals surface area contributed by atoms with E-state index in [-0.39, 0.29) is 20.7 Å². The van der Waals surface area contributed by atoms with Gasteiger partial charge in [0, 0.05) is 0 Å². The molecule has 0 spiro atoms. The lowest BCUT2D eigenvalue weighted by atomic mass is 10.1. The molecule has 0 bridgehead atoms. The predicted octanol–water partition coefficient (Wildman–Crippen LogP) is 4.91. The summed E-state index contributed by atoms with van der Waals surface area (Å²) in [6, 6.07) is 16.7. The first-order chi connectivity index (χ1) is 10.5. The smallest absolute Gasteiger partial charge is 0.339 e. The molecule has 0 N–H and O–H groups in total. The third-order valence-electron chi connectivity index (χ3n) is 3.11. The van der Waals surface area contributed by atoms with Gasteiger partial charge in [-0.15, -0.1) is 0 Å². The van der Waals surface area contributed by atoms with Crippen LogP contribution in [0.1, 0.15) is 0 Å². The van der Waals surface area contributed by atoms with Gasteiger partial charge in [0.15, 0.2) is 0 Å². The molecule has 0 amide bonds. The molecule has 3 nitrogen and oxygen atoms in total. The van der Waals surface area contributed by atoms with Crippen LogP contribution in [-0.4, -0.2) is 8.42 Å². The van der Waals surface area contributed by atoms with Gasteiger partial charge in [0.25, 0.3) is 0 Å². The van der Waals surface area contributed by atoms with Crippen LogP contribution in [-0.2, 0) is 10.1 Å². The zero-order valence-corrected chi connectivity index (χ0v) is 13.5. The van der Waals surface area contributed by atoms with E-state index in [4.69, 9.17) is 27.4 Å². The highest BCUT2D eigenvalue weighted by atomic mass is 35.5. The maximum absolute atomic E-state index is 12.3. The van der Waals surface area contributed by atoms with Crippen molar-refractivity contribution in [3.8, 4) is 5.75 Å². The molecule has 0 aromatic heterocycles. The summed E-state index contributed by atoms with van der Waals surface area (Å²) in [5.74, 6) is 0.241. The topological polar surface area (TPSA) is 43.4 Å². The number of halogens is 2. The van der Waals surface area contributed by atoms with Crippen molar-refractivity contribution in [1.82, 2.24) is 0 Å². The van der Waals surface area contributed by atoms with Gasteiger partial charge in [0.05, 0.1) is 10.0 Å². The normalized spacial score (nSPS) is 11.5. The largest absolute Gasteiger partial charge is 0.379 e. The fourth-order valence-corrected chi connectivity index (χ4v) is 3.34. The van der Waals surface area contributed by atoms with E-state index >= 15 is 0 Å². The van der Waals surface area contributed by atoms with E-state index in [0.717, 1.165) is 10.8 Å². The van der Waals surface area contributed by atoms with Crippen molar-refractivity contribution < 1.29 is 12.6 Å². The van der Waals surface area contributed by atoms with Gasteiger partial charge >= 0.3 is 10.1 Å². The Hall–Kier alpha value is -1.75. The highest BCUT2D eigenvalue weighted by Gasteiger charge is 2.18. The van der Waals surface area contributed by atoms with Gasteiger partial charge in [-0.2, -0.15) is 8.42 Å². The highest BCUT2D eigenvalue weighted by Crippen LogP contribution is 2.28. The number of hydrogen-bond acceptors (Lipinski definition) is 3. The Morgan fingerprint density at radius 1 is 0.773 bits per heavy atom. The second-order valence-electron chi connectivity index (χ2n) is 4.62. The summed E-state index contributed by atoms with van der Waals surface area (Å²) in [6.07, 6.45) is 0. The van der Waals surface area contributed by atoms with E-state index in [9.17, 15) is 8.42 Å². The van der Waals surface area contributed by atoms with E-state index in [1.807, 2.05) is 24.3 Å². The van der Waals surface area contributed by atoms with Crippen LogP contribution in [0.3, 0.4) is 0 Å². The van der Waals surface area contributed by atoms with Crippen LogP contribution in [0.2, 0.25) is 10.0 Å². The molecule has 0 saturated carbocycles. The van der Waals surface area contributed by atoms with E-state index in [1.165, 1.54) is 18.2 Å². The first-order valence-electron chi connectivity index (χ1n) is 6.34. The van der Waals surface area contributed by atoms with Crippen LogP contribution in [0, 0.1) is 0 Å². The molecule has 22 heavy (non-hydrogen) atoms. The van der Waals surface area contributed by atoms with Gasteiger partial charge in [0.1, 0.15) is 10.6 Å². The lowest BCUT2D eigenvalue weighted by Gasteiger charge is -2.08. The highest BCUT2D eigenvalue weighted by molar-refractivity contribution is 7.87. The quantitative estimate of drug-likeness (QED) is 0.628. The van der Waals surface area contributed by atoms with Crippen molar-refractivity contribution in [2.45, 2.75) is 4.90 Å². The molecule has 112 valence electrons. The van der Waals surface area contributed by atoms with Crippen LogP contribution in [0.15, 0.2) is 65.6 Å². The lowest BCUT2D eigenvalue weighted by molar-refractivity contribution is 0.486. The van der Waals surface area contributed by atoms with Crippen LogP contribution in [0.4, 0.5) is 0 Å². The van der Waals surface area contributed by atoms with E-state index < -0.39 is 10.1 Å². The summed E-state index contributed by atoms with van der Waals surface area (Å²) < 4.78 is 29.7. The minimum absolute atomic E-state index is 0.0462. The fourth-order valence-electron chi connectivity index (χ4n) is 2.03. The number of hydrogen-bond donors (Lipinski definition) is 0. The summed E-state index contributed by atoms with van der Waals surface area (Å²) in [6.45, 7) is 0. The average molecular weight is 353 g/mol. The van der Waals surface area contributed by atoms with Gasteiger partial charge in [0.2, 0.25) is 0 Å². The summed E-state index contributed by atoms with van der Waals surface area (Å²) in [5.41, 5.74) is 0. The second kappa shape index (κ2) is 5.80. The molecule has 0 heterocycles. The minimum atomic E-state index is -3.96. The lowest BCUT2D eigenvalue weighted by Crippen LogP contribution is -2.09. The van der Waals surface area contributed by atoms with Crippen molar-refractivity contribution in [3.05, 3.63) is 70.7 Å². The van der Waals surface area contributed by atoms with Crippen LogP contribution in [0.5, 0.6) is 5.75 Å². The Balaban J connectivity index is 1.97. The molecule has 6 heteroatoms. The number of fused-ring (bicyclic) bond motifs is 1. The van der Waals surface area contributed by atoms with E-state index in [0.29, 0.717) is 0 Å². The monoisotopic (exact) mass is 352 g/mol. The predicted molar refractivity (Wildman–Crippen MR) is 88.2 cm³/mol. The Morgan fingerprint density at radius 3 is 2.23 bits per heavy atom. The van der Waals surface area contributed by atoms with E-state index in [2.05, 4.69) is 0 Å². The first kappa shape index (κ1) is 15.2. The second-order valence-corrected chi connectivity index (χ2v) is 6.98. The zero-order chi connectivity index (χ0) is 15.7. The molecule has 0 aliphatic rings. The Morgan fingerprint density at radius 2 is 1.50 bits per heavy atom. The molecule has 0 unspecified atom stereocenters. The summed E-state index contributed by atoms with van der Waals surface area (Å²) >= 11 is 11.6. The molecule has 3 rings (SSSR count). The summed E-state index contributed by atoms with van der Waals surface area (Å²) in [5, 5.41) is 2.34. The Labute approximate surface area is 138 Å². The molecular weight excluding hydrogens is 343 g/mol. The molecule has 0 fully saturated rings. The molecular formula is C16H10Cl2O3S. The van der Waals surface area contributed by atoms with Crippen LogP contribution < -0.4 is 4.18 Å². The molecule has 0 aliphatic carbocycles. The van der Waals surface area contributed by atoms with Crippen molar-refractivity contribution >= 4 is 44.1 Å². The third-order valence-corrected chi connectivity index (χ3v) is 5.09. The molecule has 3 aromatic carbocycles. The standard InChI is InChI=1S/C16H10Cl2O3S/c17-15-8-7-14(10-16(15)18)22(19,20)21-13-6-5-11-3-1-2-4-12(11)9-13/h1-10H. The molecule has 0 saturated heterocycles. The third kappa shape index (κ3) is 3.04. The Kier molecular flexibility index (Phi) is 4.00. The number of benzene rings is 3. The van der Waals surface area contributed by atoms with Gasteiger partial charge in [-0.05, 0) is 41.1 Å². The van der Waals surface area contributed by atoms with Crippen molar-refractivity contribution in [3.63, 3.8) is 0 Å². The maximum Gasteiger partial charge on any atom is 0.339 e. The minimum Gasteiger partial charge on any atom is -0.379 e. The summed E-state index contributed by atoms with van der Waals surface area (Å²) in [7, 11) is -3.96. The van der Waals surface area contributed by atoms with Crippen LogP contribution in [0.25, 0.3) is 10.8 Å². The molecule has 0 aliphatic heterocycles. The Bertz CT molecular complexity index is 953. The van der Waals surface area contributed by atoms with Crippen molar-refractivity contribution in [1.29, 1.82) is 0 Å². The SMILES string of the molecule is O=S(=O)(Oc1ccc2ccccc2c1)c1ccc(Cl)c(Cl)c1. The molecule has 3 aromatic rings. The van der Waals surface area contributed by atoms with Gasteiger partial charge in [-0.1, -0.05) is 53.5 Å². The van der Waals surface area contributed by atoms with E-state index in [1.54, 1.807) is 18.2 Å². The van der Waals surface area contributed by atoms with Gasteiger partial charge < -0.3 is 4.18 Å². The molecule has 0 atom stereocenters. The van der Waals surface area contributed by atoms with Crippen LogP contribution >= 0.6 is 23.2 Å². The van der Waals surface area contributed by atoms with Crippen molar-refractivity contribution in [2.75, 3.05) is 0 Å². The molecule has 0 radical (unpaired) electrons. The maximum atomic E-state index is 12.3. The summed E-state index contributed by atoms with van der Waals surface area (Å²) in [4.78, 5) is -0.0462. The first-order valence-corrected chi connectivity index (χ1v) is 8.50. The number of rotatable bonds is 3. The van der Waals surface area contributed by atoms with Crippen molar-refractivity contribution in [2.24, 2.45) is 0 Å².